The summed E-state index contributed by atoms with van der Waals surface area (Å²) in [4.78, 5) is 34.5. The standard InChI is InChI=1S/C15H24N2O5/c1-9(16-14(20)22-15(3,4)5)13(19)17-11-6-7-12(8-11)21-10(2)18/h6-7,9,11-12H,8H2,1-5H3,(H,16,20)(H,17,19)/t9-,11+,12-/m1/s1. The number of alkyl carbamates (subject to hydrolysis) is 1. The molecule has 0 aromatic rings. The van der Waals surface area contributed by atoms with Gasteiger partial charge >= 0.3 is 12.1 Å². The molecule has 0 aromatic carbocycles. The molecule has 7 heteroatoms. The average molecular weight is 312 g/mol. The van der Waals surface area contributed by atoms with Gasteiger partial charge in [-0.05, 0) is 33.8 Å². The molecule has 0 aliphatic heterocycles. The lowest BCUT2D eigenvalue weighted by atomic mass is 10.2. The van der Waals surface area contributed by atoms with Gasteiger partial charge in [-0.15, -0.1) is 0 Å². The molecule has 1 aliphatic carbocycles. The van der Waals surface area contributed by atoms with Crippen molar-refractivity contribution in [1.82, 2.24) is 10.6 Å². The van der Waals surface area contributed by atoms with E-state index in [1.807, 2.05) is 0 Å². The third-order valence-corrected chi connectivity index (χ3v) is 2.82. The largest absolute Gasteiger partial charge is 0.458 e. The van der Waals surface area contributed by atoms with Gasteiger partial charge in [-0.25, -0.2) is 4.79 Å². The Kier molecular flexibility index (Phi) is 5.96. The molecule has 0 aromatic heterocycles. The summed E-state index contributed by atoms with van der Waals surface area (Å²) in [5.41, 5.74) is -0.619. The highest BCUT2D eigenvalue weighted by Crippen LogP contribution is 2.14. The molecule has 2 amide bonds. The summed E-state index contributed by atoms with van der Waals surface area (Å²) in [7, 11) is 0. The number of nitrogens with one attached hydrogen (secondary N) is 2. The summed E-state index contributed by atoms with van der Waals surface area (Å²) in [6.45, 7) is 8.15. The van der Waals surface area contributed by atoms with Gasteiger partial charge in [0.2, 0.25) is 5.91 Å². The second kappa shape index (κ2) is 7.29. The van der Waals surface area contributed by atoms with E-state index >= 15 is 0 Å². The zero-order valence-electron chi connectivity index (χ0n) is 13.6. The van der Waals surface area contributed by atoms with Crippen LogP contribution < -0.4 is 10.6 Å². The summed E-state index contributed by atoms with van der Waals surface area (Å²) >= 11 is 0. The molecule has 0 spiro atoms. The lowest BCUT2D eigenvalue weighted by molar-refractivity contribution is -0.144. The molecule has 1 aliphatic rings. The highest BCUT2D eigenvalue weighted by Gasteiger charge is 2.26. The third-order valence-electron chi connectivity index (χ3n) is 2.82. The molecule has 2 N–H and O–H groups in total. The van der Waals surface area contributed by atoms with Gasteiger partial charge in [0, 0.05) is 13.3 Å². The molecule has 1 rings (SSSR count). The fourth-order valence-electron chi connectivity index (χ4n) is 1.93. The maximum absolute atomic E-state index is 12.0. The lowest BCUT2D eigenvalue weighted by Gasteiger charge is -2.22. The molecule has 124 valence electrons. The Bertz CT molecular complexity index is 467. The van der Waals surface area contributed by atoms with Gasteiger partial charge in [0.25, 0.3) is 0 Å². The molecule has 0 radical (unpaired) electrons. The van der Waals surface area contributed by atoms with Crippen molar-refractivity contribution in [3.8, 4) is 0 Å². The van der Waals surface area contributed by atoms with Crippen LogP contribution in [0.4, 0.5) is 4.79 Å². The Labute approximate surface area is 130 Å². The highest BCUT2D eigenvalue weighted by atomic mass is 16.6. The summed E-state index contributed by atoms with van der Waals surface area (Å²) in [5, 5.41) is 5.23. The second-order valence-electron chi connectivity index (χ2n) is 6.25. The van der Waals surface area contributed by atoms with Crippen molar-refractivity contribution in [3.63, 3.8) is 0 Å². The quantitative estimate of drug-likeness (QED) is 0.602. The number of hydrogen-bond acceptors (Lipinski definition) is 5. The zero-order chi connectivity index (χ0) is 16.9. The first-order chi connectivity index (χ1) is 10.1. The van der Waals surface area contributed by atoms with Gasteiger partial charge in [0.1, 0.15) is 17.7 Å². The van der Waals surface area contributed by atoms with E-state index in [0.717, 1.165) is 0 Å². The molecular weight excluding hydrogens is 288 g/mol. The number of carbonyl (C=O) groups is 3. The summed E-state index contributed by atoms with van der Waals surface area (Å²) in [5.74, 6) is -0.689. The van der Waals surface area contributed by atoms with Crippen LogP contribution in [0.2, 0.25) is 0 Å². The molecule has 0 unspecified atom stereocenters. The molecular formula is C15H24N2O5. The molecule has 0 fully saturated rings. The van der Waals surface area contributed by atoms with Crippen LogP contribution in [0.1, 0.15) is 41.0 Å². The van der Waals surface area contributed by atoms with Crippen LogP contribution >= 0.6 is 0 Å². The highest BCUT2D eigenvalue weighted by molar-refractivity contribution is 5.85. The number of esters is 1. The van der Waals surface area contributed by atoms with Crippen LogP contribution in [0, 0.1) is 0 Å². The predicted octanol–water partition coefficient (Wildman–Crippen LogP) is 1.28. The molecule has 0 saturated heterocycles. The van der Waals surface area contributed by atoms with Gasteiger partial charge in [0.05, 0.1) is 6.04 Å². The van der Waals surface area contributed by atoms with Crippen LogP contribution in [0.25, 0.3) is 0 Å². The average Bonchev–Trinajstić information content (AvgIpc) is 2.72. The molecule has 7 nitrogen and oxygen atoms in total. The van der Waals surface area contributed by atoms with E-state index in [4.69, 9.17) is 9.47 Å². The molecule has 0 bridgehead atoms. The monoisotopic (exact) mass is 312 g/mol. The Balaban J connectivity index is 2.38. The van der Waals surface area contributed by atoms with E-state index in [1.165, 1.54) is 6.92 Å². The first-order valence-corrected chi connectivity index (χ1v) is 7.22. The fraction of sp³-hybridized carbons (Fsp3) is 0.667. The first kappa shape index (κ1) is 18.0. The van der Waals surface area contributed by atoms with Crippen molar-refractivity contribution >= 4 is 18.0 Å². The van der Waals surface area contributed by atoms with Gasteiger partial charge in [-0.2, -0.15) is 0 Å². The molecule has 0 heterocycles. The van der Waals surface area contributed by atoms with Crippen molar-refractivity contribution in [2.24, 2.45) is 0 Å². The van der Waals surface area contributed by atoms with Crippen molar-refractivity contribution in [1.29, 1.82) is 0 Å². The van der Waals surface area contributed by atoms with Crippen LogP contribution in [0.5, 0.6) is 0 Å². The number of ether oxygens (including phenoxy) is 2. The first-order valence-electron chi connectivity index (χ1n) is 7.22. The van der Waals surface area contributed by atoms with Crippen LogP contribution in [0.3, 0.4) is 0 Å². The third kappa shape index (κ3) is 6.60. The maximum Gasteiger partial charge on any atom is 0.408 e. The van der Waals surface area contributed by atoms with Crippen molar-refractivity contribution in [2.45, 2.75) is 64.8 Å². The van der Waals surface area contributed by atoms with Crippen LogP contribution in [-0.4, -0.2) is 41.8 Å². The van der Waals surface area contributed by atoms with Crippen LogP contribution in [0.15, 0.2) is 12.2 Å². The number of amides is 2. The predicted molar refractivity (Wildman–Crippen MR) is 80.1 cm³/mol. The minimum Gasteiger partial charge on any atom is -0.458 e. The van der Waals surface area contributed by atoms with E-state index in [2.05, 4.69) is 10.6 Å². The molecule has 0 saturated carbocycles. The lowest BCUT2D eigenvalue weighted by Crippen LogP contribution is -2.48. The smallest absolute Gasteiger partial charge is 0.408 e. The minimum atomic E-state index is -0.726. The van der Waals surface area contributed by atoms with Gasteiger partial charge < -0.3 is 20.1 Å². The van der Waals surface area contributed by atoms with Gasteiger partial charge in [0.15, 0.2) is 0 Å². The molecule has 22 heavy (non-hydrogen) atoms. The van der Waals surface area contributed by atoms with Crippen molar-refractivity contribution < 1.29 is 23.9 Å². The maximum atomic E-state index is 12.0. The van der Waals surface area contributed by atoms with Gasteiger partial charge in [-0.1, -0.05) is 6.08 Å². The zero-order valence-corrected chi connectivity index (χ0v) is 13.6. The number of hydrogen-bond donors (Lipinski definition) is 2. The Morgan fingerprint density at radius 3 is 2.41 bits per heavy atom. The Morgan fingerprint density at radius 2 is 1.86 bits per heavy atom. The minimum absolute atomic E-state index is 0.222. The van der Waals surface area contributed by atoms with E-state index in [9.17, 15) is 14.4 Å². The van der Waals surface area contributed by atoms with E-state index < -0.39 is 17.7 Å². The summed E-state index contributed by atoms with van der Waals surface area (Å²) in [6.07, 6.45) is 3.03. The van der Waals surface area contributed by atoms with E-state index in [1.54, 1.807) is 39.8 Å². The van der Waals surface area contributed by atoms with E-state index in [0.29, 0.717) is 6.42 Å². The Hall–Kier alpha value is -2.05. The van der Waals surface area contributed by atoms with Crippen LogP contribution in [-0.2, 0) is 19.1 Å². The SMILES string of the molecule is CC(=O)O[C@@H]1C=C[C@H](NC(=O)[C@@H](C)NC(=O)OC(C)(C)C)C1. The summed E-state index contributed by atoms with van der Waals surface area (Å²) < 4.78 is 10.1. The second-order valence-corrected chi connectivity index (χ2v) is 6.25. The van der Waals surface area contributed by atoms with Crippen molar-refractivity contribution in [2.75, 3.05) is 0 Å². The Morgan fingerprint density at radius 1 is 1.23 bits per heavy atom. The van der Waals surface area contributed by atoms with E-state index in [-0.39, 0.29) is 24.0 Å². The number of rotatable bonds is 4. The summed E-state index contributed by atoms with van der Waals surface area (Å²) in [6, 6.07) is -0.948. The van der Waals surface area contributed by atoms with Gasteiger partial charge in [-0.3, -0.25) is 9.59 Å². The number of carbonyl (C=O) groups excluding carboxylic acids is 3. The van der Waals surface area contributed by atoms with Crippen molar-refractivity contribution in [3.05, 3.63) is 12.2 Å². The fourth-order valence-corrected chi connectivity index (χ4v) is 1.93. The normalized spacial score (nSPS) is 21.9. The molecule has 3 atom stereocenters. The topological polar surface area (TPSA) is 93.7 Å².